The van der Waals surface area contributed by atoms with Crippen molar-refractivity contribution >= 4 is 9.84 Å². The summed E-state index contributed by atoms with van der Waals surface area (Å²) in [6, 6.07) is 0.151. The summed E-state index contributed by atoms with van der Waals surface area (Å²) < 4.78 is 22.3. The third-order valence-corrected chi connectivity index (χ3v) is 4.63. The predicted molar refractivity (Wildman–Crippen MR) is 54.2 cm³/mol. The normalized spacial score (nSPS) is 29.4. The Morgan fingerprint density at radius 1 is 1.46 bits per heavy atom. The van der Waals surface area contributed by atoms with E-state index in [-0.39, 0.29) is 6.04 Å². The van der Waals surface area contributed by atoms with Crippen molar-refractivity contribution < 1.29 is 8.42 Å². The van der Waals surface area contributed by atoms with Crippen molar-refractivity contribution in [1.29, 1.82) is 0 Å². The number of sulfone groups is 1. The molecule has 0 aliphatic carbocycles. The average molecular weight is 205 g/mol. The van der Waals surface area contributed by atoms with Gasteiger partial charge in [-0.1, -0.05) is 13.8 Å². The lowest BCUT2D eigenvalue weighted by atomic mass is 9.93. The molecule has 1 aliphatic rings. The molecule has 2 N–H and O–H groups in total. The van der Waals surface area contributed by atoms with Crippen molar-refractivity contribution in [3.63, 3.8) is 0 Å². The van der Waals surface area contributed by atoms with Gasteiger partial charge < -0.3 is 5.73 Å². The molecule has 0 saturated carbocycles. The Labute approximate surface area is 80.6 Å². The molecule has 1 aliphatic heterocycles. The van der Waals surface area contributed by atoms with Gasteiger partial charge >= 0.3 is 0 Å². The highest BCUT2D eigenvalue weighted by molar-refractivity contribution is 7.91. The van der Waals surface area contributed by atoms with Crippen LogP contribution in [0.15, 0.2) is 0 Å². The highest BCUT2D eigenvalue weighted by Crippen LogP contribution is 2.24. The molecule has 1 fully saturated rings. The highest BCUT2D eigenvalue weighted by atomic mass is 32.2. The van der Waals surface area contributed by atoms with Crippen LogP contribution in [0.25, 0.3) is 0 Å². The minimum Gasteiger partial charge on any atom is -0.327 e. The molecule has 2 atom stereocenters. The summed E-state index contributed by atoms with van der Waals surface area (Å²) >= 11 is 0. The van der Waals surface area contributed by atoms with Gasteiger partial charge in [-0.2, -0.15) is 0 Å². The molecule has 0 aromatic heterocycles. The SMILES string of the molecule is CC(C)C(N)CC1CCS(=O)(=O)C1. The zero-order chi connectivity index (χ0) is 10.1. The first-order valence-electron chi connectivity index (χ1n) is 4.87. The maximum Gasteiger partial charge on any atom is 0.150 e. The molecule has 0 radical (unpaired) electrons. The fraction of sp³-hybridized carbons (Fsp3) is 1.00. The second-order valence-electron chi connectivity index (χ2n) is 4.41. The van der Waals surface area contributed by atoms with Crippen LogP contribution < -0.4 is 5.73 Å². The molecule has 0 bridgehead atoms. The van der Waals surface area contributed by atoms with Gasteiger partial charge in [-0.15, -0.1) is 0 Å². The minimum absolute atomic E-state index is 0.151. The van der Waals surface area contributed by atoms with E-state index in [0.29, 0.717) is 23.3 Å². The van der Waals surface area contributed by atoms with Gasteiger partial charge in [0.1, 0.15) is 0 Å². The Morgan fingerprint density at radius 3 is 2.46 bits per heavy atom. The zero-order valence-electron chi connectivity index (χ0n) is 8.36. The predicted octanol–water partition coefficient (Wildman–Crippen LogP) is 0.794. The Kier molecular flexibility index (Phi) is 3.35. The number of hydrogen-bond acceptors (Lipinski definition) is 3. The van der Waals surface area contributed by atoms with Crippen LogP contribution in [0.3, 0.4) is 0 Å². The molecule has 0 aromatic carbocycles. The van der Waals surface area contributed by atoms with Crippen LogP contribution in [0.4, 0.5) is 0 Å². The molecule has 0 spiro atoms. The lowest BCUT2D eigenvalue weighted by Crippen LogP contribution is -2.29. The summed E-state index contributed by atoms with van der Waals surface area (Å²) in [5.74, 6) is 1.47. The standard InChI is InChI=1S/C9H19NO2S/c1-7(2)9(10)5-8-3-4-13(11,12)6-8/h7-9H,3-6,10H2,1-2H3. The van der Waals surface area contributed by atoms with E-state index in [1.807, 2.05) is 0 Å². The second-order valence-corrected chi connectivity index (χ2v) is 6.64. The molecule has 78 valence electrons. The van der Waals surface area contributed by atoms with Gasteiger partial charge in [-0.25, -0.2) is 8.42 Å². The molecule has 0 amide bonds. The van der Waals surface area contributed by atoms with Gasteiger partial charge in [-0.3, -0.25) is 0 Å². The number of hydrogen-bond donors (Lipinski definition) is 1. The Bertz CT molecular complexity index is 259. The summed E-state index contributed by atoms with van der Waals surface area (Å²) in [6.45, 7) is 4.15. The Morgan fingerprint density at radius 2 is 2.08 bits per heavy atom. The van der Waals surface area contributed by atoms with E-state index < -0.39 is 9.84 Å². The van der Waals surface area contributed by atoms with Crippen LogP contribution in [0.1, 0.15) is 26.7 Å². The summed E-state index contributed by atoms with van der Waals surface area (Å²) in [7, 11) is -2.72. The van der Waals surface area contributed by atoms with Crippen LogP contribution in [-0.4, -0.2) is 26.0 Å². The van der Waals surface area contributed by atoms with E-state index in [0.717, 1.165) is 12.8 Å². The summed E-state index contributed by atoms with van der Waals surface area (Å²) in [4.78, 5) is 0. The fourth-order valence-corrected chi connectivity index (χ4v) is 3.60. The van der Waals surface area contributed by atoms with Crippen LogP contribution in [0.5, 0.6) is 0 Å². The van der Waals surface area contributed by atoms with Crippen molar-refractivity contribution in [3.8, 4) is 0 Å². The van der Waals surface area contributed by atoms with Crippen molar-refractivity contribution in [2.24, 2.45) is 17.6 Å². The smallest absolute Gasteiger partial charge is 0.150 e. The van der Waals surface area contributed by atoms with Crippen molar-refractivity contribution in [2.75, 3.05) is 11.5 Å². The molecular weight excluding hydrogens is 186 g/mol. The molecule has 3 nitrogen and oxygen atoms in total. The topological polar surface area (TPSA) is 60.2 Å². The van der Waals surface area contributed by atoms with E-state index >= 15 is 0 Å². The third-order valence-electron chi connectivity index (χ3n) is 2.79. The third kappa shape index (κ3) is 3.27. The summed E-state index contributed by atoms with van der Waals surface area (Å²) in [5.41, 5.74) is 5.89. The lowest BCUT2D eigenvalue weighted by Gasteiger charge is -2.18. The minimum atomic E-state index is -2.72. The largest absolute Gasteiger partial charge is 0.327 e. The first-order chi connectivity index (χ1) is 5.91. The van der Waals surface area contributed by atoms with Crippen LogP contribution >= 0.6 is 0 Å². The van der Waals surface area contributed by atoms with Crippen molar-refractivity contribution in [1.82, 2.24) is 0 Å². The molecule has 4 heteroatoms. The van der Waals surface area contributed by atoms with Crippen LogP contribution in [-0.2, 0) is 9.84 Å². The van der Waals surface area contributed by atoms with Crippen LogP contribution in [0, 0.1) is 11.8 Å². The van der Waals surface area contributed by atoms with Gasteiger partial charge in [0.15, 0.2) is 9.84 Å². The van der Waals surface area contributed by atoms with Gasteiger partial charge in [0.05, 0.1) is 11.5 Å². The number of rotatable bonds is 3. The molecule has 13 heavy (non-hydrogen) atoms. The van der Waals surface area contributed by atoms with Crippen LogP contribution in [0.2, 0.25) is 0 Å². The molecule has 1 heterocycles. The van der Waals surface area contributed by atoms with Gasteiger partial charge in [-0.05, 0) is 24.7 Å². The second kappa shape index (κ2) is 3.96. The molecule has 2 unspecified atom stereocenters. The monoisotopic (exact) mass is 205 g/mol. The highest BCUT2D eigenvalue weighted by Gasteiger charge is 2.29. The van der Waals surface area contributed by atoms with Gasteiger partial charge in [0.2, 0.25) is 0 Å². The Balaban J connectivity index is 2.41. The maximum absolute atomic E-state index is 11.2. The maximum atomic E-state index is 11.2. The molecule has 1 saturated heterocycles. The fourth-order valence-electron chi connectivity index (χ4n) is 1.71. The van der Waals surface area contributed by atoms with Crippen molar-refractivity contribution in [3.05, 3.63) is 0 Å². The molecule has 0 aromatic rings. The summed E-state index contributed by atoms with van der Waals surface area (Å²) in [5, 5.41) is 0. The first kappa shape index (κ1) is 11.0. The van der Waals surface area contributed by atoms with Gasteiger partial charge in [0, 0.05) is 6.04 Å². The van der Waals surface area contributed by atoms with Crippen molar-refractivity contribution in [2.45, 2.75) is 32.7 Å². The summed E-state index contributed by atoms with van der Waals surface area (Å²) in [6.07, 6.45) is 1.67. The van der Waals surface area contributed by atoms with Gasteiger partial charge in [0.25, 0.3) is 0 Å². The average Bonchev–Trinajstić information content (AvgIpc) is 2.30. The number of nitrogens with two attached hydrogens (primary N) is 1. The quantitative estimate of drug-likeness (QED) is 0.741. The zero-order valence-corrected chi connectivity index (χ0v) is 9.18. The van der Waals surface area contributed by atoms with E-state index in [1.165, 1.54) is 0 Å². The molecule has 1 rings (SSSR count). The first-order valence-corrected chi connectivity index (χ1v) is 6.69. The van der Waals surface area contributed by atoms with E-state index in [4.69, 9.17) is 5.73 Å². The van der Waals surface area contributed by atoms with E-state index in [9.17, 15) is 8.42 Å². The van der Waals surface area contributed by atoms with E-state index in [2.05, 4.69) is 13.8 Å². The van der Waals surface area contributed by atoms with E-state index in [1.54, 1.807) is 0 Å². The Hall–Kier alpha value is -0.0900. The molecular formula is C9H19NO2S. The lowest BCUT2D eigenvalue weighted by molar-refractivity contribution is 0.394.